The van der Waals surface area contributed by atoms with Crippen molar-refractivity contribution in [1.82, 2.24) is 0 Å². The van der Waals surface area contributed by atoms with Gasteiger partial charge in [-0.25, -0.2) is 0 Å². The van der Waals surface area contributed by atoms with Gasteiger partial charge in [0.2, 0.25) is 0 Å². The molecule has 1 unspecified atom stereocenters. The van der Waals surface area contributed by atoms with E-state index in [1.54, 1.807) is 0 Å². The molecule has 1 N–H and O–H groups in total. The highest BCUT2D eigenvalue weighted by Crippen LogP contribution is 2.38. The molecule has 16 heavy (non-hydrogen) atoms. The van der Waals surface area contributed by atoms with Gasteiger partial charge in [0.1, 0.15) is 13.5 Å². The van der Waals surface area contributed by atoms with E-state index in [1.165, 1.54) is 0 Å². The summed E-state index contributed by atoms with van der Waals surface area (Å²) in [6, 6.07) is 0. The second-order valence-corrected chi connectivity index (χ2v) is 11.6. The van der Waals surface area contributed by atoms with E-state index in [2.05, 4.69) is 27.4 Å². The van der Waals surface area contributed by atoms with Crippen molar-refractivity contribution in [2.45, 2.75) is 58.9 Å². The first-order chi connectivity index (χ1) is 6.93. The highest BCUT2D eigenvalue weighted by atomic mass is 28.3. The lowest BCUT2D eigenvalue weighted by atomic mass is 10.0. The van der Waals surface area contributed by atoms with Gasteiger partial charge in [0.25, 0.3) is 0 Å². The van der Waals surface area contributed by atoms with Crippen LogP contribution in [0.4, 0.5) is 0 Å². The van der Waals surface area contributed by atoms with Crippen LogP contribution >= 0.6 is 0 Å². The molecule has 0 aromatic heterocycles. The number of carbonyl (C=O) groups excluding carboxylic acids is 1. The van der Waals surface area contributed by atoms with Crippen molar-refractivity contribution in [2.75, 3.05) is 0 Å². The van der Waals surface area contributed by atoms with Crippen LogP contribution in [-0.2, 0) is 4.79 Å². The molecule has 0 aliphatic heterocycles. The van der Waals surface area contributed by atoms with Crippen LogP contribution < -0.4 is 0 Å². The fourth-order valence-corrected chi connectivity index (χ4v) is 2.91. The van der Waals surface area contributed by atoms with E-state index in [4.69, 9.17) is 0 Å². The topological polar surface area (TPSA) is 37.3 Å². The van der Waals surface area contributed by atoms with E-state index in [1.807, 2.05) is 26.9 Å². The molecular weight excluding hydrogens is 216 g/mol. The molecule has 1 atom stereocenters. The van der Waals surface area contributed by atoms with Gasteiger partial charge in [-0.2, -0.15) is 0 Å². The Morgan fingerprint density at radius 1 is 1.25 bits per heavy atom. The minimum Gasteiger partial charge on any atom is -0.388 e. The Balaban J connectivity index is 5.02. The van der Waals surface area contributed by atoms with Crippen LogP contribution in [0.5, 0.6) is 0 Å². The fourth-order valence-electron chi connectivity index (χ4n) is 1.28. The second kappa shape index (κ2) is 4.84. The summed E-state index contributed by atoms with van der Waals surface area (Å²) >= 11 is 0. The van der Waals surface area contributed by atoms with E-state index < -0.39 is 14.2 Å². The number of aliphatic hydroxyl groups is 1. The quantitative estimate of drug-likeness (QED) is 0.607. The lowest BCUT2D eigenvalue weighted by Gasteiger charge is -2.36. The van der Waals surface area contributed by atoms with Gasteiger partial charge in [0.15, 0.2) is 0 Å². The van der Waals surface area contributed by atoms with Crippen LogP contribution in [0, 0.1) is 5.92 Å². The highest BCUT2D eigenvalue weighted by Gasteiger charge is 2.44. The van der Waals surface area contributed by atoms with Gasteiger partial charge < -0.3 is 9.90 Å². The van der Waals surface area contributed by atoms with Crippen molar-refractivity contribution < 1.29 is 9.90 Å². The van der Waals surface area contributed by atoms with Gasteiger partial charge in [-0.05, 0) is 11.0 Å². The average molecular weight is 242 g/mol. The zero-order chi connectivity index (χ0) is 13.3. The van der Waals surface area contributed by atoms with Gasteiger partial charge in [-0.3, -0.25) is 0 Å². The predicted octanol–water partition coefficient (Wildman–Crippen LogP) is 3.18. The van der Waals surface area contributed by atoms with Gasteiger partial charge in [-0.15, -0.1) is 0 Å². The molecule has 0 spiro atoms. The summed E-state index contributed by atoms with van der Waals surface area (Å²) in [5, 5.41) is 9.98. The zero-order valence-corrected chi connectivity index (χ0v) is 12.7. The maximum atomic E-state index is 12.4. The summed E-state index contributed by atoms with van der Waals surface area (Å²) in [7, 11) is -2.08. The molecule has 0 bridgehead atoms. The Morgan fingerprint density at radius 2 is 1.62 bits per heavy atom. The molecule has 0 aromatic carbocycles. The van der Waals surface area contributed by atoms with E-state index >= 15 is 0 Å². The molecule has 0 radical (unpaired) electrons. The summed E-state index contributed by atoms with van der Waals surface area (Å²) in [4.78, 5) is 12.4. The van der Waals surface area contributed by atoms with E-state index in [-0.39, 0.29) is 16.4 Å². The number of hydrogen-bond acceptors (Lipinski definition) is 2. The number of aliphatic hydroxyl groups excluding tert-OH is 1. The van der Waals surface area contributed by atoms with Crippen molar-refractivity contribution in [2.24, 2.45) is 5.92 Å². The lowest BCUT2D eigenvalue weighted by Crippen LogP contribution is -2.48. The van der Waals surface area contributed by atoms with Crippen LogP contribution in [0.15, 0.2) is 12.2 Å². The van der Waals surface area contributed by atoms with E-state index in [9.17, 15) is 9.90 Å². The largest absolute Gasteiger partial charge is 0.388 e. The van der Waals surface area contributed by atoms with Crippen LogP contribution in [0.25, 0.3) is 0 Å². The SMILES string of the molecule is C=C(C(=O)[Si](C)(C)C(C)(C)C)C(O)C(C)C. The van der Waals surface area contributed by atoms with Crippen LogP contribution in [0.1, 0.15) is 34.6 Å². The van der Waals surface area contributed by atoms with Crippen molar-refractivity contribution in [1.29, 1.82) is 0 Å². The Bertz CT molecular complexity index is 285. The normalized spacial score (nSPS) is 15.1. The molecule has 2 nitrogen and oxygen atoms in total. The third kappa shape index (κ3) is 3.05. The van der Waals surface area contributed by atoms with Gasteiger partial charge in [0, 0.05) is 5.57 Å². The van der Waals surface area contributed by atoms with Crippen LogP contribution in [0.3, 0.4) is 0 Å². The van der Waals surface area contributed by atoms with Crippen LogP contribution in [0.2, 0.25) is 18.1 Å². The van der Waals surface area contributed by atoms with Gasteiger partial charge in [0.05, 0.1) is 6.10 Å². The third-order valence-corrected chi connectivity index (χ3v) is 8.93. The van der Waals surface area contributed by atoms with E-state index in [0.29, 0.717) is 5.57 Å². The lowest BCUT2D eigenvalue weighted by molar-refractivity contribution is -0.110. The average Bonchev–Trinajstić information content (AvgIpc) is 2.12. The summed E-state index contributed by atoms with van der Waals surface area (Å²) < 4.78 is 0. The van der Waals surface area contributed by atoms with Crippen LogP contribution in [-0.4, -0.2) is 24.7 Å². The monoisotopic (exact) mass is 242 g/mol. The Kier molecular flexibility index (Phi) is 4.72. The molecular formula is C13H26O2Si. The summed E-state index contributed by atoms with van der Waals surface area (Å²) in [6.45, 7) is 18.0. The molecule has 0 aliphatic rings. The zero-order valence-electron chi connectivity index (χ0n) is 11.7. The molecule has 0 saturated carbocycles. The second-order valence-electron chi connectivity index (χ2n) is 6.42. The number of rotatable bonds is 4. The number of carbonyl (C=O) groups is 1. The molecule has 0 rings (SSSR count). The first kappa shape index (κ1) is 15.6. The molecule has 0 aliphatic carbocycles. The van der Waals surface area contributed by atoms with Crippen molar-refractivity contribution in [3.8, 4) is 0 Å². The van der Waals surface area contributed by atoms with Crippen molar-refractivity contribution in [3.63, 3.8) is 0 Å². The van der Waals surface area contributed by atoms with Crippen molar-refractivity contribution >= 4 is 13.5 Å². The molecule has 0 amide bonds. The molecule has 3 heteroatoms. The van der Waals surface area contributed by atoms with Gasteiger partial charge in [-0.1, -0.05) is 54.3 Å². The Hall–Kier alpha value is -0.413. The third-order valence-electron chi connectivity index (χ3n) is 3.72. The highest BCUT2D eigenvalue weighted by molar-refractivity contribution is 7.08. The van der Waals surface area contributed by atoms with E-state index in [0.717, 1.165) is 0 Å². The molecule has 0 heterocycles. The standard InChI is InChI=1S/C13H26O2Si/c1-9(2)11(14)10(3)12(15)16(7,8)13(4,5)6/h9,11,14H,3H2,1-2,4-8H3. The number of hydrogen-bond donors (Lipinski definition) is 1. The minimum atomic E-state index is -2.08. The Morgan fingerprint density at radius 3 is 1.88 bits per heavy atom. The fraction of sp³-hybridized carbons (Fsp3) is 0.769. The molecule has 0 fully saturated rings. The molecule has 94 valence electrons. The summed E-state index contributed by atoms with van der Waals surface area (Å²) in [5.41, 5.74) is 0.390. The first-order valence-corrected chi connectivity index (χ1v) is 8.84. The van der Waals surface area contributed by atoms with Crippen molar-refractivity contribution in [3.05, 3.63) is 12.2 Å². The Labute approximate surface area is 101 Å². The maximum absolute atomic E-state index is 12.4. The summed E-state index contributed by atoms with van der Waals surface area (Å²) in [6.07, 6.45) is -0.707. The minimum absolute atomic E-state index is 0.0102. The molecule has 0 saturated heterocycles. The predicted molar refractivity (Wildman–Crippen MR) is 72.2 cm³/mol. The molecule has 0 aromatic rings. The smallest absolute Gasteiger partial charge is 0.138 e. The van der Waals surface area contributed by atoms with Gasteiger partial charge >= 0.3 is 0 Å². The summed E-state index contributed by atoms with van der Waals surface area (Å²) in [5.74, 6) is 0.0428. The maximum Gasteiger partial charge on any atom is 0.138 e. The first-order valence-electron chi connectivity index (χ1n) is 5.84.